The molecule has 1 aromatic heterocycles. The van der Waals surface area contributed by atoms with Gasteiger partial charge < -0.3 is 4.57 Å². The zero-order chi connectivity index (χ0) is 34.1. The molecule has 0 fully saturated rings. The van der Waals surface area contributed by atoms with E-state index in [9.17, 15) is 10.5 Å². The van der Waals surface area contributed by atoms with Gasteiger partial charge in [-0.25, -0.2) is 4.85 Å². The Bertz CT molecular complexity index is 2580. The molecule has 0 atom stereocenters. The molecule has 0 N–H and O–H groups in total. The van der Waals surface area contributed by atoms with E-state index in [4.69, 9.17) is 6.57 Å². The number of rotatable bonds is 6. The first-order valence-electron chi connectivity index (χ1n) is 16.3. The molecule has 0 aliphatic carbocycles. The van der Waals surface area contributed by atoms with Gasteiger partial charge in [0.2, 0.25) is 0 Å². The van der Waals surface area contributed by atoms with Crippen LogP contribution in [0.1, 0.15) is 11.1 Å². The molecule has 1 heterocycles. The van der Waals surface area contributed by atoms with Crippen LogP contribution >= 0.6 is 0 Å². The zero-order valence-electron chi connectivity index (χ0n) is 27.0. The molecule has 232 valence electrons. The fourth-order valence-electron chi connectivity index (χ4n) is 7.52. The number of para-hydroxylation sites is 1. The first-order chi connectivity index (χ1) is 24.7. The van der Waals surface area contributed by atoms with E-state index >= 15 is 0 Å². The molecule has 0 aliphatic heterocycles. The average Bonchev–Trinajstić information content (AvgIpc) is 3.52. The third-order valence-corrected chi connectivity index (χ3v) is 14.4. The second kappa shape index (κ2) is 12.6. The van der Waals surface area contributed by atoms with Crippen molar-refractivity contribution < 1.29 is 0 Å². The first-order valence-corrected chi connectivity index (χ1v) is 18.3. The number of nitrogens with zero attached hydrogens (tertiary/aromatic N) is 4. The second-order valence-corrected chi connectivity index (χ2v) is 16.0. The summed E-state index contributed by atoms with van der Waals surface area (Å²) in [6, 6.07) is 62.7. The highest BCUT2D eigenvalue weighted by molar-refractivity contribution is 7.19. The van der Waals surface area contributed by atoms with Gasteiger partial charge in [-0.3, -0.25) is 0 Å². The molecular weight excluding hydrogens is 625 g/mol. The Morgan fingerprint density at radius 1 is 0.500 bits per heavy atom. The van der Waals surface area contributed by atoms with E-state index in [1.807, 2.05) is 84.9 Å². The van der Waals surface area contributed by atoms with E-state index < -0.39 is 8.07 Å². The van der Waals surface area contributed by atoms with Crippen molar-refractivity contribution in [1.29, 1.82) is 10.5 Å². The first kappa shape index (κ1) is 30.4. The summed E-state index contributed by atoms with van der Waals surface area (Å²) in [6.45, 7) is 8.25. The standard InChI is InChI=1S/C45H28N4Si/c1-48-42-26-25-36(50(33-14-5-2-6-15-33,34-16-7-3-8-17-34)35-18-9-4-10-19-35)29-39(42)37-21-13-23-44(41(37)31-47)49-43-22-12-11-20-38(43)40-28-32(30-46)24-27-45(40)49/h2-29H. The largest absolute Gasteiger partial charge is 0.308 e. The molecule has 7 aromatic carbocycles. The minimum absolute atomic E-state index is 0.480. The Morgan fingerprint density at radius 3 is 1.70 bits per heavy atom. The van der Waals surface area contributed by atoms with E-state index in [1.54, 1.807) is 0 Å². The molecule has 0 radical (unpaired) electrons. The SMILES string of the molecule is [C-]#[N+]c1ccc([Si](c2ccccc2)(c2ccccc2)c2ccccc2)cc1-c1cccc(-n2c3ccccc3c3cc(C#N)ccc32)c1C#N. The number of hydrogen-bond acceptors (Lipinski definition) is 2. The highest BCUT2D eigenvalue weighted by Crippen LogP contribution is 2.38. The number of benzene rings is 7. The predicted octanol–water partition coefficient (Wildman–Crippen LogP) is 8.12. The van der Waals surface area contributed by atoms with Crippen molar-refractivity contribution in [3.05, 3.63) is 192 Å². The summed E-state index contributed by atoms with van der Waals surface area (Å²) in [6.07, 6.45) is 0. The number of fused-ring (bicyclic) bond motifs is 3. The predicted molar refractivity (Wildman–Crippen MR) is 206 cm³/mol. The summed E-state index contributed by atoms with van der Waals surface area (Å²) in [5.41, 5.74) is 5.54. The van der Waals surface area contributed by atoms with Crippen LogP contribution in [0.25, 0.3) is 43.5 Å². The molecule has 0 saturated heterocycles. The molecule has 0 spiro atoms. The van der Waals surface area contributed by atoms with Gasteiger partial charge in [-0.2, -0.15) is 10.5 Å². The van der Waals surface area contributed by atoms with Gasteiger partial charge in [0.1, 0.15) is 6.07 Å². The van der Waals surface area contributed by atoms with Gasteiger partial charge in [0.25, 0.3) is 0 Å². The van der Waals surface area contributed by atoms with Crippen molar-refractivity contribution in [3.63, 3.8) is 0 Å². The fraction of sp³-hybridized carbons (Fsp3) is 0. The maximum Gasteiger partial charge on any atom is 0.194 e. The van der Waals surface area contributed by atoms with Crippen LogP contribution < -0.4 is 20.7 Å². The molecular formula is C45H28N4Si. The van der Waals surface area contributed by atoms with E-state index in [1.165, 1.54) is 15.6 Å². The topological polar surface area (TPSA) is 56.9 Å². The number of nitriles is 2. The van der Waals surface area contributed by atoms with Gasteiger partial charge in [0.15, 0.2) is 13.8 Å². The van der Waals surface area contributed by atoms with Crippen molar-refractivity contribution in [2.45, 2.75) is 0 Å². The smallest absolute Gasteiger partial charge is 0.194 e. The third-order valence-electron chi connectivity index (χ3n) is 9.66. The van der Waals surface area contributed by atoms with E-state index in [0.29, 0.717) is 22.4 Å². The summed E-state index contributed by atoms with van der Waals surface area (Å²) >= 11 is 0. The molecule has 0 unspecified atom stereocenters. The van der Waals surface area contributed by atoms with Crippen molar-refractivity contribution >= 4 is 56.3 Å². The summed E-state index contributed by atoms with van der Waals surface area (Å²) in [5.74, 6) is 0. The van der Waals surface area contributed by atoms with Crippen molar-refractivity contribution in [3.8, 4) is 29.0 Å². The maximum absolute atomic E-state index is 10.9. The van der Waals surface area contributed by atoms with Gasteiger partial charge >= 0.3 is 0 Å². The minimum atomic E-state index is -2.89. The van der Waals surface area contributed by atoms with Crippen molar-refractivity contribution in [2.24, 2.45) is 0 Å². The summed E-state index contributed by atoms with van der Waals surface area (Å²) in [5, 5.41) is 27.4. The summed E-state index contributed by atoms with van der Waals surface area (Å²) in [7, 11) is -2.89. The molecule has 5 heteroatoms. The number of hydrogen-bond donors (Lipinski definition) is 0. The van der Waals surface area contributed by atoms with Gasteiger partial charge in [-0.05, 0) is 62.2 Å². The van der Waals surface area contributed by atoms with E-state index in [0.717, 1.165) is 38.2 Å². The fourth-order valence-corrected chi connectivity index (χ4v) is 12.3. The molecule has 0 amide bonds. The third kappa shape index (κ3) is 4.72. The van der Waals surface area contributed by atoms with E-state index in [2.05, 4.69) is 106 Å². The Balaban J connectivity index is 1.44. The summed E-state index contributed by atoms with van der Waals surface area (Å²) < 4.78 is 2.10. The van der Waals surface area contributed by atoms with Crippen molar-refractivity contribution in [2.75, 3.05) is 0 Å². The van der Waals surface area contributed by atoms with Crippen LogP contribution in [0.4, 0.5) is 5.69 Å². The molecule has 0 bridgehead atoms. The highest BCUT2D eigenvalue weighted by atomic mass is 28.3. The van der Waals surface area contributed by atoms with Crippen LogP contribution in [0.5, 0.6) is 0 Å². The summed E-state index contributed by atoms with van der Waals surface area (Å²) in [4.78, 5) is 3.99. The molecule has 8 aromatic rings. The Kier molecular flexibility index (Phi) is 7.63. The lowest BCUT2D eigenvalue weighted by molar-refractivity contribution is 1.17. The molecule has 4 nitrogen and oxygen atoms in total. The van der Waals surface area contributed by atoms with Crippen LogP contribution in [0.2, 0.25) is 0 Å². The second-order valence-electron chi connectivity index (χ2n) is 12.2. The lowest BCUT2D eigenvalue weighted by Gasteiger charge is -2.35. The Labute approximate surface area is 291 Å². The van der Waals surface area contributed by atoms with Crippen LogP contribution in [0.3, 0.4) is 0 Å². The highest BCUT2D eigenvalue weighted by Gasteiger charge is 2.41. The normalized spacial score (nSPS) is 11.1. The average molecular weight is 653 g/mol. The Morgan fingerprint density at radius 2 is 1.10 bits per heavy atom. The quantitative estimate of drug-likeness (QED) is 0.104. The van der Waals surface area contributed by atoms with Gasteiger partial charge in [0.05, 0.1) is 40.5 Å². The monoisotopic (exact) mass is 652 g/mol. The van der Waals surface area contributed by atoms with Crippen LogP contribution in [-0.2, 0) is 0 Å². The molecule has 8 rings (SSSR count). The maximum atomic E-state index is 10.9. The minimum Gasteiger partial charge on any atom is -0.308 e. The van der Waals surface area contributed by atoms with E-state index in [-0.39, 0.29) is 0 Å². The molecule has 50 heavy (non-hydrogen) atoms. The molecule has 0 aliphatic rings. The van der Waals surface area contributed by atoms with Crippen molar-refractivity contribution in [1.82, 2.24) is 4.57 Å². The van der Waals surface area contributed by atoms with Gasteiger partial charge in [0, 0.05) is 10.8 Å². The van der Waals surface area contributed by atoms with Gasteiger partial charge in [-0.15, -0.1) is 0 Å². The van der Waals surface area contributed by atoms with Crippen LogP contribution in [-0.4, -0.2) is 12.6 Å². The van der Waals surface area contributed by atoms with Gasteiger partial charge in [-0.1, -0.05) is 140 Å². The zero-order valence-corrected chi connectivity index (χ0v) is 28.0. The Hall–Kier alpha value is -6.97. The molecule has 0 saturated carbocycles. The number of aromatic nitrogens is 1. The lowest BCUT2D eigenvalue weighted by atomic mass is 9.97. The van der Waals surface area contributed by atoms with Crippen LogP contribution in [0.15, 0.2) is 170 Å². The van der Waals surface area contributed by atoms with Crippen LogP contribution in [0, 0.1) is 29.2 Å². The lowest BCUT2D eigenvalue weighted by Crippen LogP contribution is -2.74.